The fourth-order valence-corrected chi connectivity index (χ4v) is 2.89. The SMILES string of the molecule is CCNC(=NCC1(C)COC1)NC1CCC(C(F)(F)F)CC1. The van der Waals surface area contributed by atoms with E-state index in [4.69, 9.17) is 4.74 Å². The van der Waals surface area contributed by atoms with Crippen LogP contribution in [0.3, 0.4) is 0 Å². The first-order valence-electron chi connectivity index (χ1n) is 8.02. The molecule has 7 heteroatoms. The molecule has 1 heterocycles. The topological polar surface area (TPSA) is 45.7 Å². The Kier molecular flexibility index (Phi) is 5.58. The van der Waals surface area contributed by atoms with Gasteiger partial charge < -0.3 is 15.4 Å². The van der Waals surface area contributed by atoms with Gasteiger partial charge in [-0.05, 0) is 32.6 Å². The van der Waals surface area contributed by atoms with Crippen molar-refractivity contribution >= 4 is 5.96 Å². The Morgan fingerprint density at radius 3 is 2.32 bits per heavy atom. The summed E-state index contributed by atoms with van der Waals surface area (Å²) in [5.41, 5.74) is 0.0935. The first-order chi connectivity index (χ1) is 10.3. The Bertz CT molecular complexity index is 386. The molecule has 0 aromatic heterocycles. The van der Waals surface area contributed by atoms with E-state index >= 15 is 0 Å². The summed E-state index contributed by atoms with van der Waals surface area (Å²) in [7, 11) is 0. The Hall–Kier alpha value is -0.980. The monoisotopic (exact) mass is 321 g/mol. The van der Waals surface area contributed by atoms with Crippen LogP contribution in [0, 0.1) is 11.3 Å². The van der Waals surface area contributed by atoms with Gasteiger partial charge in [0, 0.05) is 18.0 Å². The smallest absolute Gasteiger partial charge is 0.380 e. The molecule has 0 unspecified atom stereocenters. The molecule has 1 aliphatic heterocycles. The number of guanidine groups is 1. The van der Waals surface area contributed by atoms with Crippen LogP contribution in [0.1, 0.15) is 39.5 Å². The van der Waals surface area contributed by atoms with E-state index in [0.717, 1.165) is 6.54 Å². The molecular formula is C15H26F3N3O. The van der Waals surface area contributed by atoms with Crippen molar-refractivity contribution in [2.24, 2.45) is 16.3 Å². The summed E-state index contributed by atoms with van der Waals surface area (Å²) in [6.45, 7) is 6.93. The molecule has 1 aliphatic carbocycles. The van der Waals surface area contributed by atoms with E-state index in [9.17, 15) is 13.2 Å². The number of rotatable bonds is 4. The Labute approximate surface area is 129 Å². The van der Waals surface area contributed by atoms with E-state index in [-0.39, 0.29) is 24.3 Å². The fourth-order valence-electron chi connectivity index (χ4n) is 2.89. The van der Waals surface area contributed by atoms with Crippen LogP contribution >= 0.6 is 0 Å². The van der Waals surface area contributed by atoms with Gasteiger partial charge in [0.1, 0.15) is 0 Å². The van der Waals surface area contributed by atoms with E-state index in [1.807, 2.05) is 6.92 Å². The van der Waals surface area contributed by atoms with Gasteiger partial charge in [0.05, 0.1) is 25.7 Å². The lowest BCUT2D eigenvalue weighted by atomic mass is 9.85. The maximum Gasteiger partial charge on any atom is 0.391 e. The number of hydrogen-bond donors (Lipinski definition) is 2. The lowest BCUT2D eigenvalue weighted by Crippen LogP contribution is -2.47. The number of aliphatic imine (C=N–C) groups is 1. The quantitative estimate of drug-likeness (QED) is 0.618. The number of alkyl halides is 3. The molecule has 0 radical (unpaired) electrons. The molecule has 0 bridgehead atoms. The first-order valence-corrected chi connectivity index (χ1v) is 8.02. The highest BCUT2D eigenvalue weighted by Gasteiger charge is 2.41. The molecule has 1 saturated carbocycles. The second-order valence-corrected chi connectivity index (χ2v) is 6.73. The largest absolute Gasteiger partial charge is 0.391 e. The summed E-state index contributed by atoms with van der Waals surface area (Å²) >= 11 is 0. The molecule has 0 amide bonds. The predicted molar refractivity (Wildman–Crippen MR) is 79.8 cm³/mol. The molecule has 0 atom stereocenters. The number of nitrogens with one attached hydrogen (secondary N) is 2. The lowest BCUT2D eigenvalue weighted by Gasteiger charge is -2.37. The van der Waals surface area contributed by atoms with Gasteiger partial charge in [0.25, 0.3) is 0 Å². The van der Waals surface area contributed by atoms with Crippen LogP contribution in [0.4, 0.5) is 13.2 Å². The highest BCUT2D eigenvalue weighted by molar-refractivity contribution is 5.80. The summed E-state index contributed by atoms with van der Waals surface area (Å²) in [6.07, 6.45) is -2.58. The average Bonchev–Trinajstić information content (AvgIpc) is 2.42. The third-order valence-corrected chi connectivity index (χ3v) is 4.40. The molecular weight excluding hydrogens is 295 g/mol. The van der Waals surface area contributed by atoms with Crippen molar-refractivity contribution in [2.45, 2.75) is 51.7 Å². The van der Waals surface area contributed by atoms with Crippen molar-refractivity contribution < 1.29 is 17.9 Å². The summed E-state index contributed by atoms with van der Waals surface area (Å²) in [4.78, 5) is 4.56. The van der Waals surface area contributed by atoms with Crippen LogP contribution in [0.2, 0.25) is 0 Å². The van der Waals surface area contributed by atoms with Crippen molar-refractivity contribution in [1.29, 1.82) is 0 Å². The third-order valence-electron chi connectivity index (χ3n) is 4.40. The van der Waals surface area contributed by atoms with E-state index < -0.39 is 12.1 Å². The van der Waals surface area contributed by atoms with E-state index in [1.54, 1.807) is 0 Å². The van der Waals surface area contributed by atoms with Gasteiger partial charge in [-0.1, -0.05) is 6.92 Å². The van der Waals surface area contributed by atoms with Gasteiger partial charge in [-0.3, -0.25) is 4.99 Å². The first kappa shape index (κ1) is 17.4. The van der Waals surface area contributed by atoms with Gasteiger partial charge in [-0.25, -0.2) is 0 Å². The van der Waals surface area contributed by atoms with Crippen molar-refractivity contribution in [3.05, 3.63) is 0 Å². The van der Waals surface area contributed by atoms with Gasteiger partial charge in [0.2, 0.25) is 0 Å². The number of ether oxygens (including phenoxy) is 1. The standard InChI is InChI=1S/C15H26F3N3O/c1-3-19-13(20-8-14(2)9-22-10-14)21-12-6-4-11(5-7-12)15(16,17)18/h11-12H,3-10H2,1-2H3,(H2,19,20,21). The minimum absolute atomic E-state index is 0.0712. The Morgan fingerprint density at radius 1 is 1.23 bits per heavy atom. The molecule has 0 spiro atoms. The molecule has 2 N–H and O–H groups in total. The van der Waals surface area contributed by atoms with Crippen LogP contribution in [-0.4, -0.2) is 44.5 Å². The zero-order valence-electron chi connectivity index (χ0n) is 13.3. The predicted octanol–water partition coefficient (Wildman–Crippen LogP) is 2.70. The molecule has 2 aliphatic rings. The summed E-state index contributed by atoms with van der Waals surface area (Å²) in [6, 6.07) is 0.0712. The summed E-state index contributed by atoms with van der Waals surface area (Å²) in [5, 5.41) is 6.45. The van der Waals surface area contributed by atoms with Crippen LogP contribution in [0.25, 0.3) is 0 Å². The zero-order chi connectivity index (χ0) is 16.2. The minimum atomic E-state index is -4.05. The van der Waals surface area contributed by atoms with E-state index in [1.165, 1.54) is 0 Å². The van der Waals surface area contributed by atoms with Crippen molar-refractivity contribution in [1.82, 2.24) is 10.6 Å². The zero-order valence-corrected chi connectivity index (χ0v) is 13.3. The molecule has 4 nitrogen and oxygen atoms in total. The lowest BCUT2D eigenvalue weighted by molar-refractivity contribution is -0.182. The van der Waals surface area contributed by atoms with Gasteiger partial charge >= 0.3 is 6.18 Å². The maximum atomic E-state index is 12.7. The fraction of sp³-hybridized carbons (Fsp3) is 0.933. The highest BCUT2D eigenvalue weighted by atomic mass is 19.4. The van der Waals surface area contributed by atoms with Gasteiger partial charge in [0.15, 0.2) is 5.96 Å². The van der Waals surface area contributed by atoms with Crippen LogP contribution in [-0.2, 0) is 4.74 Å². The number of nitrogens with zero attached hydrogens (tertiary/aromatic N) is 1. The van der Waals surface area contributed by atoms with Crippen LogP contribution in [0.15, 0.2) is 4.99 Å². The van der Waals surface area contributed by atoms with Crippen molar-refractivity contribution in [3.8, 4) is 0 Å². The van der Waals surface area contributed by atoms with Crippen LogP contribution in [0.5, 0.6) is 0 Å². The second kappa shape index (κ2) is 7.06. The maximum absolute atomic E-state index is 12.7. The molecule has 128 valence electrons. The highest BCUT2D eigenvalue weighted by Crippen LogP contribution is 2.37. The number of hydrogen-bond acceptors (Lipinski definition) is 2. The molecule has 0 aromatic rings. The molecule has 1 saturated heterocycles. The minimum Gasteiger partial charge on any atom is -0.380 e. The van der Waals surface area contributed by atoms with E-state index in [2.05, 4.69) is 22.5 Å². The van der Waals surface area contributed by atoms with Crippen molar-refractivity contribution in [2.75, 3.05) is 26.3 Å². The molecule has 2 rings (SSSR count). The molecule has 2 fully saturated rings. The molecule has 0 aromatic carbocycles. The second-order valence-electron chi connectivity index (χ2n) is 6.73. The summed E-state index contributed by atoms with van der Waals surface area (Å²) in [5.74, 6) is -0.442. The van der Waals surface area contributed by atoms with Crippen LogP contribution < -0.4 is 10.6 Å². The Balaban J connectivity index is 1.82. The normalized spacial score (nSPS) is 28.9. The third kappa shape index (κ3) is 4.76. The number of halogens is 3. The van der Waals surface area contributed by atoms with Gasteiger partial charge in [-0.2, -0.15) is 13.2 Å². The molecule has 22 heavy (non-hydrogen) atoms. The van der Waals surface area contributed by atoms with Gasteiger partial charge in [-0.15, -0.1) is 0 Å². The Morgan fingerprint density at radius 2 is 1.86 bits per heavy atom. The van der Waals surface area contributed by atoms with E-state index in [0.29, 0.717) is 38.6 Å². The van der Waals surface area contributed by atoms with Crippen molar-refractivity contribution in [3.63, 3.8) is 0 Å². The average molecular weight is 321 g/mol. The summed E-state index contributed by atoms with van der Waals surface area (Å²) < 4.78 is 43.2.